The van der Waals surface area contributed by atoms with Gasteiger partial charge in [0.15, 0.2) is 0 Å². The number of likely N-dealkylation sites (tertiary alicyclic amines) is 1. The Morgan fingerprint density at radius 1 is 1.32 bits per heavy atom. The highest BCUT2D eigenvalue weighted by molar-refractivity contribution is 5.80. The number of hydrogen-bond donors (Lipinski definition) is 0. The van der Waals surface area contributed by atoms with E-state index in [2.05, 4.69) is 28.3 Å². The fraction of sp³-hybridized carbons (Fsp3) is 0.400. The second-order valence-electron chi connectivity index (χ2n) is 7.21. The Labute approximate surface area is 146 Å². The van der Waals surface area contributed by atoms with E-state index < -0.39 is 0 Å². The van der Waals surface area contributed by atoms with Crippen LogP contribution in [0.2, 0.25) is 0 Å². The number of aryl methyl sites for hydroxylation is 2. The molecule has 25 heavy (non-hydrogen) atoms. The Hall–Kier alpha value is -2.40. The maximum Gasteiger partial charge on any atom is 0.336 e. The van der Waals surface area contributed by atoms with E-state index in [1.165, 1.54) is 12.0 Å². The van der Waals surface area contributed by atoms with Crippen LogP contribution in [0.5, 0.6) is 0 Å². The number of fused-ring (bicyclic) bond motifs is 1. The van der Waals surface area contributed by atoms with E-state index in [9.17, 15) is 4.79 Å². The highest BCUT2D eigenvalue weighted by Gasteiger charge is 2.23. The molecule has 1 saturated heterocycles. The zero-order valence-corrected chi connectivity index (χ0v) is 14.7. The standard InChI is InChI=1S/C20H23N3O2/c1-14-3-4-18-17(9-20(24)25-19(18)7-14)13-23-6-5-15(12-23)8-16-10-21-22(2)11-16/h3-4,7,9-11,15H,5-6,8,12-13H2,1-2H3/t15-/m0/s1. The highest BCUT2D eigenvalue weighted by atomic mass is 16.4. The van der Waals surface area contributed by atoms with Gasteiger partial charge in [0.25, 0.3) is 0 Å². The molecule has 0 amide bonds. The van der Waals surface area contributed by atoms with E-state index >= 15 is 0 Å². The van der Waals surface area contributed by atoms with E-state index in [-0.39, 0.29) is 5.63 Å². The summed E-state index contributed by atoms with van der Waals surface area (Å²) < 4.78 is 7.23. The maximum absolute atomic E-state index is 11.9. The molecule has 4 rings (SSSR count). The molecular weight excluding hydrogens is 314 g/mol. The van der Waals surface area contributed by atoms with Crippen molar-refractivity contribution < 1.29 is 4.42 Å². The molecule has 1 aliphatic heterocycles. The van der Waals surface area contributed by atoms with Crippen LogP contribution < -0.4 is 5.63 Å². The van der Waals surface area contributed by atoms with Crippen LogP contribution in [0.1, 0.15) is 23.1 Å². The minimum atomic E-state index is -0.265. The lowest BCUT2D eigenvalue weighted by atomic mass is 10.0. The second kappa shape index (κ2) is 6.48. The van der Waals surface area contributed by atoms with E-state index in [0.29, 0.717) is 11.5 Å². The Balaban J connectivity index is 1.49. The van der Waals surface area contributed by atoms with Crippen molar-refractivity contribution in [2.24, 2.45) is 13.0 Å². The minimum absolute atomic E-state index is 0.265. The van der Waals surface area contributed by atoms with Crippen LogP contribution in [-0.2, 0) is 20.0 Å². The smallest absolute Gasteiger partial charge is 0.336 e. The van der Waals surface area contributed by atoms with E-state index in [0.717, 1.165) is 42.6 Å². The first-order chi connectivity index (χ1) is 12.1. The monoisotopic (exact) mass is 337 g/mol. The molecule has 5 heteroatoms. The molecule has 5 nitrogen and oxygen atoms in total. The van der Waals surface area contributed by atoms with Crippen LogP contribution >= 0.6 is 0 Å². The molecule has 130 valence electrons. The molecule has 0 N–H and O–H groups in total. The van der Waals surface area contributed by atoms with Gasteiger partial charge in [-0.15, -0.1) is 0 Å². The van der Waals surface area contributed by atoms with Gasteiger partial charge in [-0.1, -0.05) is 12.1 Å². The third-order valence-electron chi connectivity index (χ3n) is 5.03. The molecule has 1 aliphatic rings. The first kappa shape index (κ1) is 16.1. The maximum atomic E-state index is 11.9. The molecule has 1 aromatic carbocycles. The number of rotatable bonds is 4. The molecule has 0 aliphatic carbocycles. The van der Waals surface area contributed by atoms with Crippen molar-refractivity contribution in [1.29, 1.82) is 0 Å². The molecule has 3 heterocycles. The largest absolute Gasteiger partial charge is 0.423 e. The van der Waals surface area contributed by atoms with Gasteiger partial charge in [0.05, 0.1) is 6.20 Å². The van der Waals surface area contributed by atoms with Crippen molar-refractivity contribution in [3.05, 3.63) is 63.8 Å². The van der Waals surface area contributed by atoms with Crippen LogP contribution in [0.25, 0.3) is 11.0 Å². The quantitative estimate of drug-likeness (QED) is 0.687. The van der Waals surface area contributed by atoms with Crippen LogP contribution in [0, 0.1) is 12.8 Å². The summed E-state index contributed by atoms with van der Waals surface area (Å²) in [7, 11) is 1.96. The fourth-order valence-corrected chi connectivity index (χ4v) is 3.84. The first-order valence-electron chi connectivity index (χ1n) is 8.80. The summed E-state index contributed by atoms with van der Waals surface area (Å²) in [6.45, 7) is 4.94. The van der Waals surface area contributed by atoms with Gasteiger partial charge in [-0.3, -0.25) is 9.58 Å². The average molecular weight is 337 g/mol. The molecule has 0 saturated carbocycles. The van der Waals surface area contributed by atoms with Crippen molar-refractivity contribution >= 4 is 11.0 Å². The zero-order chi connectivity index (χ0) is 17.4. The SMILES string of the molecule is Cc1ccc2c(CN3CC[C@@H](Cc4cnn(C)c4)C3)cc(=O)oc2c1. The lowest BCUT2D eigenvalue weighted by molar-refractivity contribution is 0.316. The third-order valence-corrected chi connectivity index (χ3v) is 5.03. The lowest BCUT2D eigenvalue weighted by Crippen LogP contribution is -2.21. The van der Waals surface area contributed by atoms with E-state index in [4.69, 9.17) is 4.42 Å². The molecule has 0 bridgehead atoms. The summed E-state index contributed by atoms with van der Waals surface area (Å²) in [5.41, 5.74) is 3.89. The molecule has 2 aromatic heterocycles. The Morgan fingerprint density at radius 2 is 2.20 bits per heavy atom. The van der Waals surface area contributed by atoms with Crippen LogP contribution in [0.3, 0.4) is 0 Å². The summed E-state index contributed by atoms with van der Waals surface area (Å²) in [4.78, 5) is 14.3. The zero-order valence-electron chi connectivity index (χ0n) is 14.7. The molecule has 1 fully saturated rings. The summed E-state index contributed by atoms with van der Waals surface area (Å²) in [5.74, 6) is 0.651. The summed E-state index contributed by atoms with van der Waals surface area (Å²) in [5, 5.41) is 5.30. The molecule has 0 spiro atoms. The van der Waals surface area contributed by atoms with Crippen molar-refractivity contribution in [1.82, 2.24) is 14.7 Å². The fourth-order valence-electron chi connectivity index (χ4n) is 3.84. The number of benzene rings is 1. The molecule has 0 unspecified atom stereocenters. The Morgan fingerprint density at radius 3 is 3.00 bits per heavy atom. The van der Waals surface area contributed by atoms with Crippen LogP contribution in [0.4, 0.5) is 0 Å². The Bertz CT molecular complexity index is 957. The number of aromatic nitrogens is 2. The van der Waals surface area contributed by atoms with Gasteiger partial charge in [0.2, 0.25) is 0 Å². The van der Waals surface area contributed by atoms with Gasteiger partial charge >= 0.3 is 5.63 Å². The molecule has 1 atom stereocenters. The topological polar surface area (TPSA) is 51.3 Å². The van der Waals surface area contributed by atoms with Gasteiger partial charge in [0, 0.05) is 37.8 Å². The minimum Gasteiger partial charge on any atom is -0.423 e. The van der Waals surface area contributed by atoms with Crippen molar-refractivity contribution in [3.63, 3.8) is 0 Å². The lowest BCUT2D eigenvalue weighted by Gasteiger charge is -2.17. The number of hydrogen-bond acceptors (Lipinski definition) is 4. The Kier molecular flexibility index (Phi) is 4.17. The predicted molar refractivity (Wildman–Crippen MR) is 97.5 cm³/mol. The first-order valence-corrected chi connectivity index (χ1v) is 8.80. The third kappa shape index (κ3) is 3.51. The normalized spacial score (nSPS) is 18.2. The molecule has 3 aromatic rings. The van der Waals surface area contributed by atoms with Crippen LogP contribution in [0.15, 0.2) is 45.9 Å². The van der Waals surface area contributed by atoms with Crippen molar-refractivity contribution in [2.45, 2.75) is 26.3 Å². The molecular formula is C20H23N3O2. The van der Waals surface area contributed by atoms with Gasteiger partial charge in [-0.2, -0.15) is 5.10 Å². The second-order valence-corrected chi connectivity index (χ2v) is 7.21. The highest BCUT2D eigenvalue weighted by Crippen LogP contribution is 2.25. The van der Waals surface area contributed by atoms with E-state index in [1.54, 1.807) is 6.07 Å². The van der Waals surface area contributed by atoms with E-state index in [1.807, 2.05) is 30.9 Å². The van der Waals surface area contributed by atoms with Crippen LogP contribution in [-0.4, -0.2) is 27.8 Å². The average Bonchev–Trinajstić information content (AvgIpc) is 3.16. The summed E-state index contributed by atoms with van der Waals surface area (Å²) >= 11 is 0. The molecule has 0 radical (unpaired) electrons. The van der Waals surface area contributed by atoms with Crippen molar-refractivity contribution in [3.8, 4) is 0 Å². The van der Waals surface area contributed by atoms with Gasteiger partial charge in [-0.25, -0.2) is 4.79 Å². The number of nitrogens with zero attached hydrogens (tertiary/aromatic N) is 3. The summed E-state index contributed by atoms with van der Waals surface area (Å²) in [6, 6.07) is 7.72. The summed E-state index contributed by atoms with van der Waals surface area (Å²) in [6.07, 6.45) is 6.32. The van der Waals surface area contributed by atoms with Gasteiger partial charge in [0.1, 0.15) is 5.58 Å². The van der Waals surface area contributed by atoms with Gasteiger partial charge < -0.3 is 4.42 Å². The predicted octanol–water partition coefficient (Wildman–Crippen LogP) is 2.90. The van der Waals surface area contributed by atoms with Crippen molar-refractivity contribution in [2.75, 3.05) is 13.1 Å². The van der Waals surface area contributed by atoms with Gasteiger partial charge in [-0.05, 0) is 55.0 Å².